The molecule has 0 amide bonds. The Hall–Kier alpha value is -1.85. The van der Waals surface area contributed by atoms with Gasteiger partial charge in [-0.1, -0.05) is 41.7 Å². The van der Waals surface area contributed by atoms with Gasteiger partial charge in [0, 0.05) is 10.9 Å². The van der Waals surface area contributed by atoms with Crippen LogP contribution in [-0.4, -0.2) is 10.7 Å². The first-order valence-corrected chi connectivity index (χ1v) is 9.00. The molecule has 0 atom stereocenters. The molecule has 0 bridgehead atoms. The minimum Gasteiger partial charge on any atom is -0.258 e. The molecule has 5 heteroatoms. The van der Waals surface area contributed by atoms with Crippen molar-refractivity contribution in [2.24, 2.45) is 0 Å². The van der Waals surface area contributed by atoms with E-state index >= 15 is 0 Å². The van der Waals surface area contributed by atoms with Crippen molar-refractivity contribution in [3.05, 3.63) is 64.2 Å². The van der Waals surface area contributed by atoms with Crippen molar-refractivity contribution < 1.29 is 4.92 Å². The Morgan fingerprint density at radius 1 is 1.00 bits per heavy atom. The van der Waals surface area contributed by atoms with Gasteiger partial charge in [-0.15, -0.1) is 0 Å². The number of unbranched alkanes of at least 4 members (excludes halogenated alkanes) is 1. The van der Waals surface area contributed by atoms with E-state index in [0.717, 1.165) is 40.8 Å². The van der Waals surface area contributed by atoms with Gasteiger partial charge in [-0.3, -0.25) is 10.1 Å². The van der Waals surface area contributed by atoms with Gasteiger partial charge in [-0.2, -0.15) is 12.6 Å². The molecular formula is C18H17NO2S2. The van der Waals surface area contributed by atoms with Crippen LogP contribution in [0.5, 0.6) is 0 Å². The zero-order valence-corrected chi connectivity index (χ0v) is 14.3. The zero-order valence-electron chi connectivity index (χ0n) is 12.6. The monoisotopic (exact) mass is 343 g/mol. The maximum Gasteiger partial charge on any atom is 0.324 e. The van der Waals surface area contributed by atoms with E-state index in [1.807, 2.05) is 12.1 Å². The predicted octanol–water partition coefficient (Wildman–Crippen LogP) is 5.73. The lowest BCUT2D eigenvalue weighted by molar-refractivity contribution is -0.380. The summed E-state index contributed by atoms with van der Waals surface area (Å²) in [5.41, 5.74) is 2.37. The molecule has 1 aromatic heterocycles. The highest BCUT2D eigenvalue weighted by Crippen LogP contribution is 2.34. The summed E-state index contributed by atoms with van der Waals surface area (Å²) in [6, 6.07) is 16.1. The lowest BCUT2D eigenvalue weighted by atomic mass is 10.0. The quantitative estimate of drug-likeness (QED) is 0.269. The molecule has 0 saturated heterocycles. The smallest absolute Gasteiger partial charge is 0.258 e. The first-order valence-electron chi connectivity index (χ1n) is 7.55. The van der Waals surface area contributed by atoms with Gasteiger partial charge in [-0.05, 0) is 59.0 Å². The second kappa shape index (κ2) is 7.15. The molecule has 0 aliphatic rings. The number of thiol groups is 1. The van der Waals surface area contributed by atoms with E-state index in [1.54, 1.807) is 6.07 Å². The zero-order chi connectivity index (χ0) is 16.2. The van der Waals surface area contributed by atoms with Crippen molar-refractivity contribution in [1.29, 1.82) is 0 Å². The van der Waals surface area contributed by atoms with Crippen molar-refractivity contribution in [3.63, 3.8) is 0 Å². The topological polar surface area (TPSA) is 43.1 Å². The number of fused-ring (bicyclic) bond motifs is 1. The fourth-order valence-corrected chi connectivity index (χ4v) is 3.67. The summed E-state index contributed by atoms with van der Waals surface area (Å²) in [4.78, 5) is 11.4. The first kappa shape index (κ1) is 16.0. The van der Waals surface area contributed by atoms with Crippen molar-refractivity contribution in [2.45, 2.75) is 19.3 Å². The van der Waals surface area contributed by atoms with Crippen LogP contribution >= 0.6 is 24.0 Å². The number of hydrogen-bond donors (Lipinski definition) is 1. The lowest BCUT2D eigenvalue weighted by Gasteiger charge is -2.05. The van der Waals surface area contributed by atoms with Gasteiger partial charge in [0.1, 0.15) is 0 Å². The van der Waals surface area contributed by atoms with Gasteiger partial charge in [0.25, 0.3) is 0 Å². The average Bonchev–Trinajstić information content (AvgIpc) is 3.05. The van der Waals surface area contributed by atoms with Crippen molar-refractivity contribution in [2.75, 3.05) is 5.75 Å². The van der Waals surface area contributed by atoms with Gasteiger partial charge < -0.3 is 0 Å². The summed E-state index contributed by atoms with van der Waals surface area (Å²) in [6.07, 6.45) is 3.37. The van der Waals surface area contributed by atoms with Crippen LogP contribution in [-0.2, 0) is 6.42 Å². The van der Waals surface area contributed by atoms with E-state index in [-0.39, 0.29) is 9.92 Å². The highest BCUT2D eigenvalue weighted by molar-refractivity contribution is 7.80. The maximum atomic E-state index is 10.8. The molecule has 3 nitrogen and oxygen atoms in total. The molecular weight excluding hydrogens is 326 g/mol. The standard InChI is InChI=1S/C18H17NO2S2/c20-19(21)18-9-8-17(23-18)16-7-6-14-11-13(3-1-2-10-22)4-5-15(14)12-16/h4-9,11-12,22H,1-3,10H2. The largest absolute Gasteiger partial charge is 0.324 e. The fourth-order valence-electron chi connectivity index (χ4n) is 2.63. The lowest BCUT2D eigenvalue weighted by Crippen LogP contribution is -1.87. The third kappa shape index (κ3) is 3.74. The van der Waals surface area contributed by atoms with Crippen LogP contribution < -0.4 is 0 Å². The number of thiophene rings is 1. The number of benzene rings is 2. The van der Waals surface area contributed by atoms with E-state index in [4.69, 9.17) is 0 Å². The molecule has 0 spiro atoms. The van der Waals surface area contributed by atoms with Gasteiger partial charge in [0.2, 0.25) is 0 Å². The molecule has 2 aromatic carbocycles. The number of nitro groups is 1. The molecule has 0 aliphatic carbocycles. The van der Waals surface area contributed by atoms with Gasteiger partial charge in [0.15, 0.2) is 0 Å². The van der Waals surface area contributed by atoms with Crippen LogP contribution in [0.15, 0.2) is 48.5 Å². The van der Waals surface area contributed by atoms with E-state index < -0.39 is 0 Å². The highest BCUT2D eigenvalue weighted by Gasteiger charge is 2.11. The highest BCUT2D eigenvalue weighted by atomic mass is 32.1. The average molecular weight is 343 g/mol. The van der Waals surface area contributed by atoms with Crippen LogP contribution in [0.3, 0.4) is 0 Å². The van der Waals surface area contributed by atoms with Gasteiger partial charge in [-0.25, -0.2) is 0 Å². The van der Waals surface area contributed by atoms with Crippen molar-refractivity contribution >= 4 is 39.7 Å². The second-order valence-electron chi connectivity index (χ2n) is 5.47. The van der Waals surface area contributed by atoms with E-state index in [2.05, 4.69) is 43.0 Å². The normalized spacial score (nSPS) is 11.0. The molecule has 0 fully saturated rings. The molecule has 3 aromatic rings. The Labute approximate surface area is 144 Å². The summed E-state index contributed by atoms with van der Waals surface area (Å²) in [7, 11) is 0. The van der Waals surface area contributed by atoms with Crippen molar-refractivity contribution in [3.8, 4) is 10.4 Å². The first-order chi connectivity index (χ1) is 11.2. The molecule has 0 unspecified atom stereocenters. The summed E-state index contributed by atoms with van der Waals surface area (Å²) in [5, 5.41) is 13.4. The predicted molar refractivity (Wildman–Crippen MR) is 101 cm³/mol. The summed E-state index contributed by atoms with van der Waals surface area (Å²) in [5.74, 6) is 0.934. The second-order valence-corrected chi connectivity index (χ2v) is 6.98. The fraction of sp³-hybridized carbons (Fsp3) is 0.222. The molecule has 118 valence electrons. The summed E-state index contributed by atoms with van der Waals surface area (Å²) >= 11 is 5.46. The molecule has 0 aliphatic heterocycles. The number of hydrogen-bond acceptors (Lipinski definition) is 4. The Bertz CT molecular complexity index is 842. The molecule has 0 radical (unpaired) electrons. The maximum absolute atomic E-state index is 10.8. The third-order valence-corrected chi connectivity index (χ3v) is 5.24. The Balaban J connectivity index is 1.86. The molecule has 3 rings (SSSR count). The molecule has 23 heavy (non-hydrogen) atoms. The number of aryl methyl sites for hydroxylation is 1. The Kier molecular flexibility index (Phi) is 4.98. The van der Waals surface area contributed by atoms with Gasteiger partial charge in [0.05, 0.1) is 4.92 Å². The summed E-state index contributed by atoms with van der Waals surface area (Å²) in [6.45, 7) is 0. The molecule has 0 saturated carbocycles. The molecule has 0 N–H and O–H groups in total. The van der Waals surface area contributed by atoms with Gasteiger partial charge >= 0.3 is 5.00 Å². The van der Waals surface area contributed by atoms with Crippen LogP contribution in [0, 0.1) is 10.1 Å². The van der Waals surface area contributed by atoms with Crippen LogP contribution in [0.4, 0.5) is 5.00 Å². The van der Waals surface area contributed by atoms with E-state index in [0.29, 0.717) is 0 Å². The number of nitrogens with zero attached hydrogens (tertiary/aromatic N) is 1. The minimum atomic E-state index is -0.341. The van der Waals surface area contributed by atoms with Crippen molar-refractivity contribution in [1.82, 2.24) is 0 Å². The Morgan fingerprint density at radius 2 is 1.78 bits per heavy atom. The Morgan fingerprint density at radius 3 is 2.52 bits per heavy atom. The van der Waals surface area contributed by atoms with E-state index in [1.165, 1.54) is 22.3 Å². The summed E-state index contributed by atoms with van der Waals surface area (Å²) < 4.78 is 0. The van der Waals surface area contributed by atoms with Crippen LogP contribution in [0.2, 0.25) is 0 Å². The number of rotatable bonds is 6. The van der Waals surface area contributed by atoms with Crippen LogP contribution in [0.1, 0.15) is 18.4 Å². The SMILES string of the molecule is O=[N+]([O-])c1ccc(-c2ccc3cc(CCCCS)ccc3c2)s1. The van der Waals surface area contributed by atoms with Crippen LogP contribution in [0.25, 0.3) is 21.2 Å². The third-order valence-electron chi connectivity index (χ3n) is 3.83. The van der Waals surface area contributed by atoms with E-state index in [9.17, 15) is 10.1 Å². The molecule has 1 heterocycles. The minimum absolute atomic E-state index is 0.180.